The average molecular weight is 448 g/mol. The summed E-state index contributed by atoms with van der Waals surface area (Å²) in [6.07, 6.45) is 0. The molecule has 6 nitrogen and oxygen atoms in total. The first-order valence-corrected chi connectivity index (χ1v) is 11.3. The van der Waals surface area contributed by atoms with E-state index in [0.29, 0.717) is 23.9 Å². The monoisotopic (exact) mass is 447 g/mol. The van der Waals surface area contributed by atoms with Crippen molar-refractivity contribution in [3.63, 3.8) is 0 Å². The Balaban J connectivity index is 1.83. The van der Waals surface area contributed by atoms with Gasteiger partial charge in [-0.1, -0.05) is 42.5 Å². The first-order valence-electron chi connectivity index (χ1n) is 10.4. The number of hydrogen-bond acceptors (Lipinski definition) is 5. The molecule has 0 radical (unpaired) electrons. The van der Waals surface area contributed by atoms with E-state index in [9.17, 15) is 9.59 Å². The van der Waals surface area contributed by atoms with Crippen LogP contribution in [0.2, 0.25) is 0 Å². The van der Waals surface area contributed by atoms with Gasteiger partial charge in [0, 0.05) is 15.8 Å². The molecule has 0 N–H and O–H groups in total. The largest absolute Gasteiger partial charge is 0.496 e. The maximum absolute atomic E-state index is 13.9. The second-order valence-corrected chi connectivity index (χ2v) is 8.82. The van der Waals surface area contributed by atoms with Crippen LogP contribution >= 0.6 is 11.3 Å². The summed E-state index contributed by atoms with van der Waals surface area (Å²) in [4.78, 5) is 29.6. The molecular weight excluding hydrogens is 422 g/mol. The fourth-order valence-corrected chi connectivity index (χ4v) is 4.41. The lowest BCUT2D eigenvalue weighted by molar-refractivity contribution is 0.0724. The molecule has 4 rings (SSSR count). The Hall–Kier alpha value is -3.45. The number of methoxy groups -OCH3 is 1. The molecule has 0 saturated carbocycles. The van der Waals surface area contributed by atoms with Gasteiger partial charge in [0.2, 0.25) is 0 Å². The molecule has 0 fully saturated rings. The van der Waals surface area contributed by atoms with Crippen LogP contribution in [-0.2, 0) is 13.1 Å². The van der Waals surface area contributed by atoms with Gasteiger partial charge in [-0.05, 0) is 37.4 Å². The van der Waals surface area contributed by atoms with E-state index >= 15 is 0 Å². The van der Waals surface area contributed by atoms with Crippen molar-refractivity contribution in [3.05, 3.63) is 92.5 Å². The van der Waals surface area contributed by atoms with Crippen LogP contribution in [0, 0.1) is 0 Å². The number of carbonyl (C=O) groups excluding carboxylic acids is 1. The van der Waals surface area contributed by atoms with Crippen molar-refractivity contribution in [2.24, 2.45) is 0 Å². The Morgan fingerprint density at radius 1 is 1.03 bits per heavy atom. The van der Waals surface area contributed by atoms with E-state index in [0.717, 1.165) is 16.2 Å². The van der Waals surface area contributed by atoms with E-state index in [4.69, 9.17) is 4.74 Å². The maximum Gasteiger partial charge on any atom is 0.275 e. The second kappa shape index (κ2) is 9.36. The molecule has 7 heteroatoms. The van der Waals surface area contributed by atoms with Gasteiger partial charge in [-0.3, -0.25) is 9.59 Å². The molecule has 0 atom stereocenters. The van der Waals surface area contributed by atoms with E-state index < -0.39 is 0 Å². The molecule has 1 amide bonds. The SMILES string of the molecule is COc1ccccc1CN(Cc1cccs1)C(=O)c1nn(C(C)C)c(=O)c2ccccc12. The van der Waals surface area contributed by atoms with Crippen molar-refractivity contribution in [1.29, 1.82) is 0 Å². The van der Waals surface area contributed by atoms with E-state index in [-0.39, 0.29) is 23.2 Å². The minimum absolute atomic E-state index is 0.168. The molecule has 0 unspecified atom stereocenters. The number of hydrogen-bond donors (Lipinski definition) is 0. The maximum atomic E-state index is 13.9. The summed E-state index contributed by atoms with van der Waals surface area (Å²) in [6.45, 7) is 4.56. The van der Waals surface area contributed by atoms with Crippen LogP contribution in [-0.4, -0.2) is 27.7 Å². The Labute approximate surface area is 190 Å². The van der Waals surface area contributed by atoms with Crippen molar-refractivity contribution in [1.82, 2.24) is 14.7 Å². The summed E-state index contributed by atoms with van der Waals surface area (Å²) in [5.41, 5.74) is 0.989. The van der Waals surface area contributed by atoms with Gasteiger partial charge in [0.15, 0.2) is 5.69 Å². The van der Waals surface area contributed by atoms with Crippen molar-refractivity contribution in [2.75, 3.05) is 7.11 Å². The number of fused-ring (bicyclic) bond motifs is 1. The average Bonchev–Trinajstić information content (AvgIpc) is 3.32. The lowest BCUT2D eigenvalue weighted by Gasteiger charge is -2.24. The number of carbonyl (C=O) groups is 1. The van der Waals surface area contributed by atoms with E-state index in [2.05, 4.69) is 5.10 Å². The number of ether oxygens (including phenoxy) is 1. The third-order valence-corrected chi connectivity index (χ3v) is 6.15. The van der Waals surface area contributed by atoms with Crippen molar-refractivity contribution in [3.8, 4) is 5.75 Å². The van der Waals surface area contributed by atoms with Gasteiger partial charge in [-0.25, -0.2) is 4.68 Å². The Morgan fingerprint density at radius 3 is 2.44 bits per heavy atom. The predicted molar refractivity (Wildman–Crippen MR) is 127 cm³/mol. The van der Waals surface area contributed by atoms with Gasteiger partial charge < -0.3 is 9.64 Å². The normalized spacial score (nSPS) is 11.1. The number of nitrogens with zero attached hydrogens (tertiary/aromatic N) is 3. The summed E-state index contributed by atoms with van der Waals surface area (Å²) in [7, 11) is 1.62. The second-order valence-electron chi connectivity index (χ2n) is 7.79. The zero-order chi connectivity index (χ0) is 22.7. The van der Waals surface area contributed by atoms with Gasteiger partial charge in [0.1, 0.15) is 5.75 Å². The summed E-state index contributed by atoms with van der Waals surface area (Å²) in [6, 6.07) is 18.6. The fourth-order valence-electron chi connectivity index (χ4n) is 3.69. The molecule has 2 aromatic carbocycles. The highest BCUT2D eigenvalue weighted by molar-refractivity contribution is 7.09. The van der Waals surface area contributed by atoms with Gasteiger partial charge in [0.25, 0.3) is 11.5 Å². The van der Waals surface area contributed by atoms with Crippen LogP contribution in [0.5, 0.6) is 5.75 Å². The summed E-state index contributed by atoms with van der Waals surface area (Å²) >= 11 is 1.60. The van der Waals surface area contributed by atoms with Crippen LogP contribution < -0.4 is 10.3 Å². The third kappa shape index (κ3) is 4.29. The highest BCUT2D eigenvalue weighted by Crippen LogP contribution is 2.24. The highest BCUT2D eigenvalue weighted by atomic mass is 32.1. The number of para-hydroxylation sites is 1. The lowest BCUT2D eigenvalue weighted by atomic mass is 10.1. The zero-order valence-electron chi connectivity index (χ0n) is 18.3. The molecule has 0 bridgehead atoms. The van der Waals surface area contributed by atoms with Crippen LogP contribution in [0.1, 0.15) is 40.8 Å². The smallest absolute Gasteiger partial charge is 0.275 e. The van der Waals surface area contributed by atoms with Crippen molar-refractivity contribution < 1.29 is 9.53 Å². The molecule has 4 aromatic rings. The summed E-state index contributed by atoms with van der Waals surface area (Å²) < 4.78 is 6.90. The Bertz CT molecular complexity index is 1300. The molecule has 2 heterocycles. The molecule has 0 aliphatic rings. The Morgan fingerprint density at radius 2 is 1.75 bits per heavy atom. The van der Waals surface area contributed by atoms with Gasteiger partial charge in [0.05, 0.1) is 31.6 Å². The molecule has 0 aliphatic heterocycles. The van der Waals surface area contributed by atoms with Crippen LogP contribution in [0.3, 0.4) is 0 Å². The van der Waals surface area contributed by atoms with Crippen molar-refractivity contribution in [2.45, 2.75) is 33.0 Å². The van der Waals surface area contributed by atoms with Crippen LogP contribution in [0.25, 0.3) is 10.8 Å². The summed E-state index contributed by atoms with van der Waals surface area (Å²) in [5.74, 6) is 0.497. The number of benzene rings is 2. The molecule has 0 spiro atoms. The standard InChI is InChI=1S/C25H25N3O3S/c1-17(2)28-24(29)21-12-6-5-11-20(21)23(26-28)25(30)27(16-19-10-8-14-32-19)15-18-9-4-7-13-22(18)31-3/h4-14,17H,15-16H2,1-3H3. The first-order chi connectivity index (χ1) is 15.5. The van der Waals surface area contributed by atoms with E-state index in [1.807, 2.05) is 61.7 Å². The summed E-state index contributed by atoms with van der Waals surface area (Å²) in [5, 5.41) is 7.57. The van der Waals surface area contributed by atoms with Crippen molar-refractivity contribution >= 4 is 28.0 Å². The molecule has 32 heavy (non-hydrogen) atoms. The van der Waals surface area contributed by atoms with Gasteiger partial charge in [-0.2, -0.15) is 5.10 Å². The van der Waals surface area contributed by atoms with Gasteiger partial charge in [-0.15, -0.1) is 11.3 Å². The van der Waals surface area contributed by atoms with Crippen LogP contribution in [0.4, 0.5) is 0 Å². The van der Waals surface area contributed by atoms with Crippen LogP contribution in [0.15, 0.2) is 70.8 Å². The topological polar surface area (TPSA) is 64.4 Å². The molecular formula is C25H25N3O3S. The molecule has 0 aliphatic carbocycles. The van der Waals surface area contributed by atoms with E-state index in [1.165, 1.54) is 4.68 Å². The first kappa shape index (κ1) is 21.8. The fraction of sp³-hybridized carbons (Fsp3) is 0.240. The quantitative estimate of drug-likeness (QED) is 0.405. The molecule has 0 saturated heterocycles. The zero-order valence-corrected chi connectivity index (χ0v) is 19.1. The van der Waals surface area contributed by atoms with Gasteiger partial charge >= 0.3 is 0 Å². The lowest BCUT2D eigenvalue weighted by Crippen LogP contribution is -2.34. The molecule has 164 valence electrons. The number of rotatable bonds is 7. The Kier molecular flexibility index (Phi) is 6.37. The third-order valence-electron chi connectivity index (χ3n) is 5.29. The number of aromatic nitrogens is 2. The predicted octanol–water partition coefficient (Wildman–Crippen LogP) is 4.89. The number of thiophene rings is 1. The minimum atomic E-state index is -0.227. The molecule has 2 aromatic heterocycles. The number of amides is 1. The minimum Gasteiger partial charge on any atom is -0.496 e. The van der Waals surface area contributed by atoms with E-state index in [1.54, 1.807) is 41.5 Å². The highest BCUT2D eigenvalue weighted by Gasteiger charge is 2.24.